The Morgan fingerprint density at radius 3 is 2.30 bits per heavy atom. The molecule has 0 heterocycles. The summed E-state index contributed by atoms with van der Waals surface area (Å²) in [4.78, 5) is 33.3. The van der Waals surface area contributed by atoms with Crippen LogP contribution >= 0.6 is 11.8 Å². The summed E-state index contributed by atoms with van der Waals surface area (Å²) >= 11 is 0.551. The van der Waals surface area contributed by atoms with E-state index in [0.717, 1.165) is 5.56 Å². The summed E-state index contributed by atoms with van der Waals surface area (Å²) in [5, 5.41) is 18.9. The fourth-order valence-electron chi connectivity index (χ4n) is 2.15. The Morgan fingerprint density at radius 2 is 1.78 bits per heavy atom. The van der Waals surface area contributed by atoms with Gasteiger partial charge < -0.3 is 5.11 Å². The van der Waals surface area contributed by atoms with E-state index >= 15 is 0 Å². The third-order valence-corrected chi connectivity index (χ3v) is 4.15. The molecule has 0 fully saturated rings. The van der Waals surface area contributed by atoms with Crippen LogP contribution in [-0.2, 0) is 9.59 Å². The van der Waals surface area contributed by atoms with Crippen LogP contribution in [0.2, 0.25) is 0 Å². The molecule has 0 saturated carbocycles. The van der Waals surface area contributed by atoms with Gasteiger partial charge in [0, 0.05) is 13.0 Å². The first-order valence-electron chi connectivity index (χ1n) is 6.64. The number of hydrogen-bond acceptors (Lipinski definition) is 5. The second-order valence-corrected chi connectivity index (χ2v) is 6.01. The van der Waals surface area contributed by atoms with Gasteiger partial charge in [-0.3, -0.25) is 19.7 Å². The first-order valence-corrected chi connectivity index (χ1v) is 7.52. The number of carboxylic acid groups (broad SMARTS) is 1. The smallest absolute Gasteiger partial charge is 0.321 e. The highest BCUT2D eigenvalue weighted by Gasteiger charge is 2.30. The van der Waals surface area contributed by atoms with Crippen molar-refractivity contribution in [3.63, 3.8) is 0 Å². The molecule has 0 aliphatic heterocycles. The monoisotopic (exact) mass is 331 g/mol. The van der Waals surface area contributed by atoms with Crippen molar-refractivity contribution in [3.8, 4) is 11.1 Å². The van der Waals surface area contributed by atoms with Crippen LogP contribution in [-0.4, -0.2) is 21.1 Å². The number of rotatable bonds is 5. The first-order chi connectivity index (χ1) is 10.9. The number of nitrogens with zero attached hydrogens (tertiary/aromatic N) is 1. The van der Waals surface area contributed by atoms with E-state index < -0.39 is 21.3 Å². The van der Waals surface area contributed by atoms with Crippen molar-refractivity contribution >= 4 is 28.5 Å². The summed E-state index contributed by atoms with van der Waals surface area (Å²) in [6, 6.07) is 13.4. The van der Waals surface area contributed by atoms with Crippen LogP contribution in [0.4, 0.5) is 5.69 Å². The van der Waals surface area contributed by atoms with Gasteiger partial charge in [-0.25, -0.2) is 0 Å². The Labute approximate surface area is 136 Å². The average Bonchev–Trinajstić information content (AvgIpc) is 2.52. The number of benzene rings is 2. The molecule has 23 heavy (non-hydrogen) atoms. The molecule has 0 aliphatic rings. The first kappa shape index (κ1) is 16.7. The van der Waals surface area contributed by atoms with Crippen LogP contribution < -0.4 is 0 Å². The predicted octanol–water partition coefficient (Wildman–Crippen LogP) is 3.67. The van der Waals surface area contributed by atoms with Crippen molar-refractivity contribution in [2.24, 2.45) is 0 Å². The Kier molecular flexibility index (Phi) is 5.13. The predicted molar refractivity (Wildman–Crippen MR) is 87.2 cm³/mol. The van der Waals surface area contributed by atoms with Crippen LogP contribution in [0.3, 0.4) is 0 Å². The largest absolute Gasteiger partial charge is 0.480 e. The van der Waals surface area contributed by atoms with E-state index in [0.29, 0.717) is 17.3 Å². The standard InChI is InChI=1S/C16H13NO5S/c1-10(18)23-15(16(19)20)13-8-7-12(9-14(13)17(21)22)11-5-3-2-4-6-11/h2-9,15H,1H3,(H,19,20). The molecule has 0 radical (unpaired) electrons. The lowest BCUT2D eigenvalue weighted by atomic mass is 10.0. The second kappa shape index (κ2) is 7.06. The molecule has 0 aromatic heterocycles. The molecule has 7 heteroatoms. The zero-order valence-corrected chi connectivity index (χ0v) is 12.9. The molecule has 118 valence electrons. The number of hydrogen-bond donors (Lipinski definition) is 1. The van der Waals surface area contributed by atoms with Crippen LogP contribution in [0.15, 0.2) is 48.5 Å². The minimum atomic E-state index is -1.31. The van der Waals surface area contributed by atoms with Crippen molar-refractivity contribution in [2.75, 3.05) is 0 Å². The highest BCUT2D eigenvalue weighted by atomic mass is 32.2. The van der Waals surface area contributed by atoms with E-state index in [1.165, 1.54) is 19.1 Å². The Morgan fingerprint density at radius 1 is 1.13 bits per heavy atom. The highest BCUT2D eigenvalue weighted by Crippen LogP contribution is 2.37. The van der Waals surface area contributed by atoms with Crippen molar-refractivity contribution in [3.05, 3.63) is 64.2 Å². The van der Waals surface area contributed by atoms with E-state index in [-0.39, 0.29) is 11.3 Å². The van der Waals surface area contributed by atoms with Crippen molar-refractivity contribution in [1.29, 1.82) is 0 Å². The van der Waals surface area contributed by atoms with Gasteiger partial charge in [0.05, 0.1) is 10.5 Å². The van der Waals surface area contributed by atoms with Gasteiger partial charge in [-0.05, 0) is 17.2 Å². The zero-order valence-electron chi connectivity index (χ0n) is 12.1. The summed E-state index contributed by atoms with van der Waals surface area (Å²) in [6.07, 6.45) is 0. The lowest BCUT2D eigenvalue weighted by Gasteiger charge is -2.12. The molecular weight excluding hydrogens is 318 g/mol. The molecule has 1 unspecified atom stereocenters. The van der Waals surface area contributed by atoms with Crippen molar-refractivity contribution < 1.29 is 19.6 Å². The van der Waals surface area contributed by atoms with Crippen molar-refractivity contribution in [1.82, 2.24) is 0 Å². The molecule has 6 nitrogen and oxygen atoms in total. The summed E-state index contributed by atoms with van der Waals surface area (Å²) in [5.74, 6) is -1.29. The number of carbonyl (C=O) groups is 2. The summed E-state index contributed by atoms with van der Waals surface area (Å²) in [7, 11) is 0. The third kappa shape index (κ3) is 3.95. The van der Waals surface area contributed by atoms with Crippen LogP contribution in [0.25, 0.3) is 11.1 Å². The maximum Gasteiger partial charge on any atom is 0.321 e. The summed E-state index contributed by atoms with van der Waals surface area (Å²) in [6.45, 7) is 1.23. The molecule has 1 atom stereocenters. The van der Waals surface area contributed by atoms with Gasteiger partial charge in [0.1, 0.15) is 5.25 Å². The molecule has 0 bridgehead atoms. The van der Waals surface area contributed by atoms with Crippen LogP contribution in [0.1, 0.15) is 17.7 Å². The highest BCUT2D eigenvalue weighted by molar-refractivity contribution is 8.14. The molecule has 0 aliphatic carbocycles. The number of nitro groups is 1. The third-order valence-electron chi connectivity index (χ3n) is 3.12. The zero-order chi connectivity index (χ0) is 17.0. The van der Waals surface area contributed by atoms with E-state index in [9.17, 15) is 24.8 Å². The lowest BCUT2D eigenvalue weighted by Crippen LogP contribution is -2.12. The number of carboxylic acids is 1. The fraction of sp³-hybridized carbons (Fsp3) is 0.125. The molecule has 2 rings (SSSR count). The van der Waals surface area contributed by atoms with Crippen LogP contribution in [0.5, 0.6) is 0 Å². The summed E-state index contributed by atoms with van der Waals surface area (Å²) in [5.41, 5.74) is 1.08. The Balaban J connectivity index is 2.54. The van der Waals surface area contributed by atoms with Gasteiger partial charge in [0.15, 0.2) is 5.12 Å². The van der Waals surface area contributed by atoms with E-state index in [1.54, 1.807) is 30.3 Å². The number of nitro benzene ring substituents is 1. The maximum atomic E-state index is 11.4. The van der Waals surface area contributed by atoms with Gasteiger partial charge in [0.25, 0.3) is 5.69 Å². The summed E-state index contributed by atoms with van der Waals surface area (Å²) < 4.78 is 0. The van der Waals surface area contributed by atoms with E-state index in [4.69, 9.17) is 0 Å². The lowest BCUT2D eigenvalue weighted by molar-refractivity contribution is -0.385. The van der Waals surface area contributed by atoms with Gasteiger partial charge in [-0.1, -0.05) is 48.2 Å². The number of aliphatic carboxylic acids is 1. The average molecular weight is 331 g/mol. The minimum Gasteiger partial charge on any atom is -0.480 e. The van der Waals surface area contributed by atoms with Gasteiger partial charge >= 0.3 is 5.97 Å². The molecule has 0 saturated heterocycles. The fourth-order valence-corrected chi connectivity index (χ4v) is 2.91. The molecule has 2 aromatic carbocycles. The SMILES string of the molecule is CC(=O)SC(C(=O)O)c1ccc(-c2ccccc2)cc1[N+](=O)[O-]. The molecule has 0 spiro atoms. The molecule has 0 amide bonds. The normalized spacial score (nSPS) is 11.7. The van der Waals surface area contributed by atoms with Crippen LogP contribution in [0, 0.1) is 10.1 Å². The van der Waals surface area contributed by atoms with Gasteiger partial charge in [-0.2, -0.15) is 0 Å². The molecule has 2 aromatic rings. The molecular formula is C16H13NO5S. The number of thioether (sulfide) groups is 1. The quantitative estimate of drug-likeness (QED) is 0.663. The van der Waals surface area contributed by atoms with E-state index in [2.05, 4.69) is 0 Å². The topological polar surface area (TPSA) is 97.5 Å². The Hall–Kier alpha value is -2.67. The molecule has 1 N–H and O–H groups in total. The Bertz CT molecular complexity index is 760. The minimum absolute atomic E-state index is 0.00220. The van der Waals surface area contributed by atoms with Gasteiger partial charge in [0.2, 0.25) is 0 Å². The second-order valence-electron chi connectivity index (χ2n) is 4.72. The van der Waals surface area contributed by atoms with Crippen molar-refractivity contribution in [2.45, 2.75) is 12.2 Å². The maximum absolute atomic E-state index is 11.4. The van der Waals surface area contributed by atoms with Gasteiger partial charge in [-0.15, -0.1) is 0 Å². The number of carbonyl (C=O) groups excluding carboxylic acids is 1. The van der Waals surface area contributed by atoms with E-state index in [1.807, 2.05) is 6.07 Å².